The zero-order valence-corrected chi connectivity index (χ0v) is 15.4. The van der Waals surface area contributed by atoms with E-state index in [0.29, 0.717) is 6.04 Å². The first-order valence-corrected chi connectivity index (χ1v) is 7.44. The number of nitrogens with zero attached hydrogens (tertiary/aromatic N) is 1. The zero-order valence-electron chi connectivity index (χ0n) is 12.2. The fourth-order valence-electron chi connectivity index (χ4n) is 2.59. The summed E-state index contributed by atoms with van der Waals surface area (Å²) in [6, 6.07) is 6.55. The number of methoxy groups -OCH3 is 1. The van der Waals surface area contributed by atoms with Gasteiger partial charge < -0.3 is 10.1 Å². The number of hydrogen-bond donors (Lipinski definition) is 1. The first-order chi connectivity index (χ1) is 9.26. The van der Waals surface area contributed by atoms with Crippen LogP contribution in [-0.4, -0.2) is 38.2 Å². The highest BCUT2D eigenvalue weighted by molar-refractivity contribution is 9.10. The van der Waals surface area contributed by atoms with Crippen LogP contribution in [0.1, 0.15) is 18.0 Å². The van der Waals surface area contributed by atoms with E-state index in [1.165, 1.54) is 5.56 Å². The first-order valence-electron chi connectivity index (χ1n) is 6.65. The van der Waals surface area contributed by atoms with Crippen molar-refractivity contribution in [2.24, 2.45) is 0 Å². The molecule has 0 saturated carbocycles. The second-order valence-corrected chi connectivity index (χ2v) is 5.63. The molecule has 1 aliphatic rings. The van der Waals surface area contributed by atoms with Crippen molar-refractivity contribution in [2.45, 2.75) is 12.5 Å². The maximum Gasteiger partial charge on any atom is 0.123 e. The molecule has 21 heavy (non-hydrogen) atoms. The van der Waals surface area contributed by atoms with E-state index in [2.05, 4.69) is 38.8 Å². The highest BCUT2D eigenvalue weighted by Gasteiger charge is 2.23. The van der Waals surface area contributed by atoms with Crippen LogP contribution in [0.5, 0.6) is 5.75 Å². The average Bonchev–Trinajstić information content (AvgIpc) is 2.45. The van der Waals surface area contributed by atoms with Crippen molar-refractivity contribution in [2.75, 3.05) is 33.3 Å². The Morgan fingerprint density at radius 1 is 1.38 bits per heavy atom. The minimum absolute atomic E-state index is 0. The van der Waals surface area contributed by atoms with E-state index in [4.69, 9.17) is 4.74 Å². The minimum atomic E-state index is 0. The van der Waals surface area contributed by atoms with Gasteiger partial charge in [0.05, 0.1) is 7.11 Å². The molecule has 6 heteroatoms. The third-order valence-corrected chi connectivity index (χ3v) is 4.03. The fraction of sp³-hybridized carbons (Fsp3) is 0.467. The molecule has 0 unspecified atom stereocenters. The third-order valence-electron chi connectivity index (χ3n) is 3.53. The fourth-order valence-corrected chi connectivity index (χ4v) is 2.97. The number of benzene rings is 1. The van der Waals surface area contributed by atoms with Crippen LogP contribution in [0.3, 0.4) is 0 Å². The molecule has 0 amide bonds. The molecule has 0 spiro atoms. The van der Waals surface area contributed by atoms with Gasteiger partial charge >= 0.3 is 0 Å². The lowest BCUT2D eigenvalue weighted by molar-refractivity contribution is 0.171. The van der Waals surface area contributed by atoms with Gasteiger partial charge in [-0.1, -0.05) is 22.0 Å². The highest BCUT2D eigenvalue weighted by atomic mass is 79.9. The van der Waals surface area contributed by atoms with Gasteiger partial charge in [-0.25, -0.2) is 0 Å². The Morgan fingerprint density at radius 2 is 2.05 bits per heavy atom. The molecule has 0 aromatic heterocycles. The summed E-state index contributed by atoms with van der Waals surface area (Å²) in [5, 5.41) is 3.40. The van der Waals surface area contributed by atoms with Gasteiger partial charge in [0.15, 0.2) is 0 Å². The molecule has 0 radical (unpaired) electrons. The lowest BCUT2D eigenvalue weighted by Gasteiger charge is -2.35. The molecular weight excluding hydrogens is 375 g/mol. The summed E-state index contributed by atoms with van der Waals surface area (Å²) in [7, 11) is 1.73. The van der Waals surface area contributed by atoms with E-state index in [1.807, 2.05) is 18.2 Å². The topological polar surface area (TPSA) is 24.5 Å². The van der Waals surface area contributed by atoms with Crippen LogP contribution in [-0.2, 0) is 0 Å². The molecule has 2 rings (SSSR count). The average molecular weight is 398 g/mol. The molecule has 0 aliphatic carbocycles. The zero-order chi connectivity index (χ0) is 13.7. The van der Waals surface area contributed by atoms with E-state index in [0.717, 1.165) is 42.8 Å². The van der Waals surface area contributed by atoms with Gasteiger partial charge in [-0.2, -0.15) is 0 Å². The number of ether oxygens (including phenoxy) is 1. The SMILES string of the molecule is C=CC[C@H](c1cc(Br)ccc1OC)N1CCNCC1.Cl.Cl. The van der Waals surface area contributed by atoms with Crippen molar-refractivity contribution in [3.05, 3.63) is 40.9 Å². The minimum Gasteiger partial charge on any atom is -0.496 e. The van der Waals surface area contributed by atoms with E-state index in [-0.39, 0.29) is 24.8 Å². The van der Waals surface area contributed by atoms with Gasteiger partial charge in [-0.15, -0.1) is 31.4 Å². The van der Waals surface area contributed by atoms with Gasteiger partial charge in [0.25, 0.3) is 0 Å². The maximum atomic E-state index is 5.52. The van der Waals surface area contributed by atoms with Crippen molar-refractivity contribution < 1.29 is 4.74 Å². The summed E-state index contributed by atoms with van der Waals surface area (Å²) in [5.41, 5.74) is 1.23. The normalized spacial score (nSPS) is 16.3. The molecule has 0 bridgehead atoms. The number of piperazine rings is 1. The maximum absolute atomic E-state index is 5.52. The number of halogens is 3. The number of rotatable bonds is 5. The van der Waals surface area contributed by atoms with Crippen LogP contribution >= 0.6 is 40.7 Å². The molecule has 1 atom stereocenters. The second-order valence-electron chi connectivity index (χ2n) is 4.71. The Bertz CT molecular complexity index is 440. The lowest BCUT2D eigenvalue weighted by Crippen LogP contribution is -2.45. The Labute approximate surface area is 148 Å². The highest BCUT2D eigenvalue weighted by Crippen LogP contribution is 2.34. The van der Waals surface area contributed by atoms with E-state index in [9.17, 15) is 0 Å². The Balaban J connectivity index is 0.00000200. The van der Waals surface area contributed by atoms with Crippen LogP contribution in [0.25, 0.3) is 0 Å². The van der Waals surface area contributed by atoms with Crippen LogP contribution in [0.2, 0.25) is 0 Å². The van der Waals surface area contributed by atoms with Gasteiger partial charge in [0.2, 0.25) is 0 Å². The Kier molecular flexibility index (Phi) is 10.3. The third kappa shape index (κ3) is 5.46. The molecule has 120 valence electrons. The largest absolute Gasteiger partial charge is 0.496 e. The molecule has 1 fully saturated rings. The summed E-state index contributed by atoms with van der Waals surface area (Å²) in [6.45, 7) is 8.12. The smallest absolute Gasteiger partial charge is 0.123 e. The monoisotopic (exact) mass is 396 g/mol. The summed E-state index contributed by atoms with van der Waals surface area (Å²) in [4.78, 5) is 2.50. The van der Waals surface area contributed by atoms with Crippen LogP contribution in [0, 0.1) is 0 Å². The van der Waals surface area contributed by atoms with Crippen molar-refractivity contribution in [3.63, 3.8) is 0 Å². The summed E-state index contributed by atoms with van der Waals surface area (Å²) >= 11 is 3.56. The van der Waals surface area contributed by atoms with E-state index in [1.54, 1.807) is 7.11 Å². The predicted molar refractivity (Wildman–Crippen MR) is 97.2 cm³/mol. The Hall–Kier alpha value is -0.260. The van der Waals surface area contributed by atoms with Gasteiger partial charge in [0, 0.05) is 42.3 Å². The van der Waals surface area contributed by atoms with Crippen LogP contribution < -0.4 is 10.1 Å². The molecular formula is C15H23BrCl2N2O. The molecule has 1 heterocycles. The van der Waals surface area contributed by atoms with Crippen LogP contribution in [0.15, 0.2) is 35.3 Å². The van der Waals surface area contributed by atoms with E-state index < -0.39 is 0 Å². The van der Waals surface area contributed by atoms with E-state index >= 15 is 0 Å². The molecule has 1 aromatic carbocycles. The van der Waals surface area contributed by atoms with Crippen molar-refractivity contribution >= 4 is 40.7 Å². The van der Waals surface area contributed by atoms with Gasteiger partial charge in [-0.05, 0) is 24.6 Å². The van der Waals surface area contributed by atoms with Crippen molar-refractivity contribution in [1.82, 2.24) is 10.2 Å². The number of hydrogen-bond acceptors (Lipinski definition) is 3. The summed E-state index contributed by atoms with van der Waals surface area (Å²) in [5.74, 6) is 0.952. The first kappa shape index (κ1) is 20.7. The molecule has 1 aromatic rings. The van der Waals surface area contributed by atoms with Crippen molar-refractivity contribution in [1.29, 1.82) is 0 Å². The van der Waals surface area contributed by atoms with Gasteiger partial charge in [-0.3, -0.25) is 4.90 Å². The van der Waals surface area contributed by atoms with Gasteiger partial charge in [0.1, 0.15) is 5.75 Å². The number of nitrogens with one attached hydrogen (secondary N) is 1. The lowest BCUT2D eigenvalue weighted by atomic mass is 10.00. The molecule has 1 aliphatic heterocycles. The van der Waals surface area contributed by atoms with Crippen molar-refractivity contribution in [3.8, 4) is 5.75 Å². The molecule has 1 saturated heterocycles. The Morgan fingerprint density at radius 3 is 2.62 bits per heavy atom. The quantitative estimate of drug-likeness (QED) is 0.764. The standard InChI is InChI=1S/C15H21BrN2O.2ClH/c1-3-4-14(18-9-7-17-8-10-18)13-11-12(16)5-6-15(13)19-2;;/h3,5-6,11,14,17H,1,4,7-10H2,2H3;2*1H/t14-;;/m1../s1. The molecule has 3 nitrogen and oxygen atoms in total. The predicted octanol–water partition coefficient (Wildman–Crippen LogP) is 3.82. The second kappa shape index (κ2) is 10.5. The van der Waals surface area contributed by atoms with Crippen LogP contribution in [0.4, 0.5) is 0 Å². The molecule has 1 N–H and O–H groups in total. The summed E-state index contributed by atoms with van der Waals surface area (Å²) in [6.07, 6.45) is 2.93. The summed E-state index contributed by atoms with van der Waals surface area (Å²) < 4.78 is 6.61.